The Morgan fingerprint density at radius 2 is 1.97 bits per heavy atom. The van der Waals surface area contributed by atoms with Crippen LogP contribution in [0.5, 0.6) is 5.75 Å². The van der Waals surface area contributed by atoms with E-state index in [2.05, 4.69) is 15.0 Å². The van der Waals surface area contributed by atoms with E-state index in [4.69, 9.17) is 16.3 Å². The largest absolute Gasteiger partial charge is 0.495 e. The van der Waals surface area contributed by atoms with Gasteiger partial charge in [-0.25, -0.2) is 13.4 Å². The SMILES string of the molecule is COc1cc(Cl)c(C)cc1NC(=O)Cc1csc(NS(=O)(=O)c2ccccc2)n1. The molecule has 29 heavy (non-hydrogen) atoms. The van der Waals surface area contributed by atoms with Crippen molar-refractivity contribution in [3.8, 4) is 5.75 Å². The van der Waals surface area contributed by atoms with E-state index < -0.39 is 10.0 Å². The van der Waals surface area contributed by atoms with Gasteiger partial charge in [-0.3, -0.25) is 9.52 Å². The highest BCUT2D eigenvalue weighted by molar-refractivity contribution is 7.93. The molecule has 0 aliphatic heterocycles. The normalized spacial score (nSPS) is 11.1. The van der Waals surface area contributed by atoms with Gasteiger partial charge in [-0.05, 0) is 30.7 Å². The highest BCUT2D eigenvalue weighted by Gasteiger charge is 2.17. The molecule has 2 N–H and O–H groups in total. The number of thiazole rings is 1. The monoisotopic (exact) mass is 451 g/mol. The first kappa shape index (κ1) is 21.1. The summed E-state index contributed by atoms with van der Waals surface area (Å²) in [4.78, 5) is 16.7. The van der Waals surface area contributed by atoms with Crippen LogP contribution in [0.1, 0.15) is 11.3 Å². The summed E-state index contributed by atoms with van der Waals surface area (Å²) in [6.07, 6.45) is -0.0195. The van der Waals surface area contributed by atoms with E-state index in [1.807, 2.05) is 6.92 Å². The summed E-state index contributed by atoms with van der Waals surface area (Å²) < 4.78 is 32.4. The van der Waals surface area contributed by atoms with E-state index in [0.717, 1.165) is 16.9 Å². The van der Waals surface area contributed by atoms with Crippen LogP contribution in [-0.4, -0.2) is 26.4 Å². The van der Waals surface area contributed by atoms with Crippen LogP contribution in [0.3, 0.4) is 0 Å². The maximum Gasteiger partial charge on any atom is 0.263 e. The molecular formula is C19H18ClN3O4S2. The Balaban J connectivity index is 1.68. The number of carbonyl (C=O) groups excluding carboxylic acids is 1. The van der Waals surface area contributed by atoms with Crippen molar-refractivity contribution in [2.75, 3.05) is 17.1 Å². The number of amides is 1. The van der Waals surface area contributed by atoms with Crippen molar-refractivity contribution in [1.82, 2.24) is 4.98 Å². The van der Waals surface area contributed by atoms with Crippen molar-refractivity contribution in [3.05, 3.63) is 64.1 Å². The lowest BCUT2D eigenvalue weighted by Crippen LogP contribution is -2.16. The van der Waals surface area contributed by atoms with E-state index in [0.29, 0.717) is 22.2 Å². The minimum absolute atomic E-state index is 0.0195. The standard InChI is InChI=1S/C19H18ClN3O4S2/c1-12-8-16(17(27-2)10-15(12)20)22-18(24)9-13-11-28-19(21-13)23-29(25,26)14-6-4-3-5-7-14/h3-8,10-11H,9H2,1-2H3,(H,21,23)(H,22,24). The lowest BCUT2D eigenvalue weighted by Gasteiger charge is -2.12. The molecule has 0 aliphatic carbocycles. The zero-order chi connectivity index (χ0) is 21.0. The average Bonchev–Trinajstić information content (AvgIpc) is 3.11. The van der Waals surface area contributed by atoms with Gasteiger partial charge in [-0.1, -0.05) is 29.8 Å². The first-order chi connectivity index (χ1) is 13.8. The highest BCUT2D eigenvalue weighted by atomic mass is 35.5. The van der Waals surface area contributed by atoms with Crippen LogP contribution >= 0.6 is 22.9 Å². The number of benzene rings is 2. The fourth-order valence-corrected chi connectivity index (χ4v) is 4.64. The molecule has 3 aromatic rings. The van der Waals surface area contributed by atoms with Crippen LogP contribution in [0.2, 0.25) is 5.02 Å². The van der Waals surface area contributed by atoms with Gasteiger partial charge in [0.2, 0.25) is 5.91 Å². The zero-order valence-electron chi connectivity index (χ0n) is 15.6. The van der Waals surface area contributed by atoms with Crippen LogP contribution in [0.4, 0.5) is 10.8 Å². The second-order valence-electron chi connectivity index (χ2n) is 6.09. The van der Waals surface area contributed by atoms with Crippen molar-refractivity contribution >= 4 is 49.7 Å². The van der Waals surface area contributed by atoms with Gasteiger partial charge in [0.1, 0.15) is 5.75 Å². The second kappa shape index (κ2) is 8.81. The summed E-state index contributed by atoms with van der Waals surface area (Å²) >= 11 is 7.18. The minimum atomic E-state index is -3.73. The van der Waals surface area contributed by atoms with E-state index in [1.165, 1.54) is 19.2 Å². The Morgan fingerprint density at radius 1 is 1.24 bits per heavy atom. The molecule has 7 nitrogen and oxygen atoms in total. The first-order valence-corrected chi connectivity index (χ1v) is 11.2. The topological polar surface area (TPSA) is 97.4 Å². The lowest BCUT2D eigenvalue weighted by molar-refractivity contribution is -0.115. The number of rotatable bonds is 7. The molecule has 10 heteroatoms. The number of nitrogens with one attached hydrogen (secondary N) is 2. The molecule has 1 heterocycles. The molecule has 0 bridgehead atoms. The van der Waals surface area contributed by atoms with Gasteiger partial charge in [0.05, 0.1) is 29.8 Å². The molecular weight excluding hydrogens is 434 g/mol. The number of hydrogen-bond donors (Lipinski definition) is 2. The third-order valence-electron chi connectivity index (χ3n) is 3.92. The number of aryl methyl sites for hydroxylation is 1. The molecule has 1 aromatic heterocycles. The second-order valence-corrected chi connectivity index (χ2v) is 9.04. The van der Waals surface area contributed by atoms with E-state index in [1.54, 1.807) is 35.7 Å². The summed E-state index contributed by atoms with van der Waals surface area (Å²) in [6, 6.07) is 11.3. The molecule has 0 saturated carbocycles. The maximum atomic E-state index is 12.4. The van der Waals surface area contributed by atoms with Gasteiger partial charge < -0.3 is 10.1 Å². The van der Waals surface area contributed by atoms with Gasteiger partial charge in [-0.2, -0.15) is 0 Å². The van der Waals surface area contributed by atoms with E-state index in [9.17, 15) is 13.2 Å². The third-order valence-corrected chi connectivity index (χ3v) is 6.62. The van der Waals surface area contributed by atoms with Gasteiger partial charge >= 0.3 is 0 Å². The molecule has 0 aliphatic rings. The smallest absolute Gasteiger partial charge is 0.263 e. The number of halogens is 1. The van der Waals surface area contributed by atoms with Crippen LogP contribution in [0.25, 0.3) is 0 Å². The van der Waals surface area contributed by atoms with Crippen molar-refractivity contribution < 1.29 is 17.9 Å². The van der Waals surface area contributed by atoms with Crippen molar-refractivity contribution in [3.63, 3.8) is 0 Å². The number of nitrogens with zero attached hydrogens (tertiary/aromatic N) is 1. The van der Waals surface area contributed by atoms with Crippen LogP contribution in [-0.2, 0) is 21.2 Å². The van der Waals surface area contributed by atoms with Gasteiger partial charge in [-0.15, -0.1) is 11.3 Å². The minimum Gasteiger partial charge on any atom is -0.495 e. The number of anilines is 2. The number of aromatic nitrogens is 1. The Labute approximate surface area is 177 Å². The number of carbonyl (C=O) groups is 1. The molecule has 152 valence electrons. The van der Waals surface area contributed by atoms with Crippen LogP contribution < -0.4 is 14.8 Å². The van der Waals surface area contributed by atoms with Gasteiger partial charge in [0.15, 0.2) is 5.13 Å². The number of hydrogen-bond acceptors (Lipinski definition) is 6. The molecule has 3 rings (SSSR count). The molecule has 1 amide bonds. The first-order valence-electron chi connectivity index (χ1n) is 8.45. The summed E-state index contributed by atoms with van der Waals surface area (Å²) in [7, 11) is -2.24. The summed E-state index contributed by atoms with van der Waals surface area (Å²) in [5.41, 5.74) is 1.75. The van der Waals surface area contributed by atoms with Gasteiger partial charge in [0.25, 0.3) is 10.0 Å². The van der Waals surface area contributed by atoms with E-state index >= 15 is 0 Å². The number of sulfonamides is 1. The summed E-state index contributed by atoms with van der Waals surface area (Å²) in [6.45, 7) is 1.82. The molecule has 0 saturated heterocycles. The molecule has 0 unspecified atom stereocenters. The summed E-state index contributed by atoms with van der Waals surface area (Å²) in [5.74, 6) is 0.135. The van der Waals surface area contributed by atoms with Crippen molar-refractivity contribution in [2.45, 2.75) is 18.2 Å². The third kappa shape index (κ3) is 5.26. The highest BCUT2D eigenvalue weighted by Crippen LogP contribution is 2.31. The Bertz CT molecular complexity index is 1130. The quantitative estimate of drug-likeness (QED) is 0.563. The molecule has 0 atom stereocenters. The Kier molecular flexibility index (Phi) is 6.41. The van der Waals surface area contributed by atoms with Crippen molar-refractivity contribution in [2.24, 2.45) is 0 Å². The Morgan fingerprint density at radius 3 is 2.66 bits per heavy atom. The van der Waals surface area contributed by atoms with Crippen LogP contribution in [0, 0.1) is 6.92 Å². The Hall–Kier alpha value is -2.62. The van der Waals surface area contributed by atoms with Gasteiger partial charge in [0, 0.05) is 16.5 Å². The number of methoxy groups -OCH3 is 1. The van der Waals surface area contributed by atoms with Crippen LogP contribution in [0.15, 0.2) is 52.7 Å². The van der Waals surface area contributed by atoms with Crippen molar-refractivity contribution in [1.29, 1.82) is 0 Å². The molecule has 0 spiro atoms. The predicted molar refractivity (Wildman–Crippen MR) is 114 cm³/mol. The maximum absolute atomic E-state index is 12.4. The summed E-state index contributed by atoms with van der Waals surface area (Å²) in [5, 5.41) is 5.12. The van der Waals surface area contributed by atoms with E-state index in [-0.39, 0.29) is 22.4 Å². The average molecular weight is 452 g/mol. The fourth-order valence-electron chi connectivity index (χ4n) is 2.50. The molecule has 2 aromatic carbocycles. The predicted octanol–water partition coefficient (Wildman–Crippen LogP) is 4.10. The lowest BCUT2D eigenvalue weighted by atomic mass is 10.2. The zero-order valence-corrected chi connectivity index (χ0v) is 18.0. The molecule has 0 radical (unpaired) electrons. The molecule has 0 fully saturated rings. The number of ether oxygens (including phenoxy) is 1. The fraction of sp³-hybridized carbons (Fsp3) is 0.158.